The first-order chi connectivity index (χ1) is 10.3. The van der Waals surface area contributed by atoms with E-state index in [1.54, 1.807) is 6.21 Å². The number of esters is 1. The van der Waals surface area contributed by atoms with Gasteiger partial charge in [0, 0.05) is 12.8 Å². The molecule has 1 aliphatic heterocycles. The van der Waals surface area contributed by atoms with E-state index in [1.165, 1.54) is 6.33 Å². The van der Waals surface area contributed by atoms with Crippen molar-refractivity contribution in [2.24, 2.45) is 4.99 Å². The molecule has 2 aromatic rings. The number of rotatable bonds is 3. The lowest BCUT2D eigenvalue weighted by atomic mass is 10.2. The Hall–Kier alpha value is -2.76. The molecule has 0 spiro atoms. The molecule has 0 fully saturated rings. The van der Waals surface area contributed by atoms with E-state index in [0.29, 0.717) is 24.5 Å². The van der Waals surface area contributed by atoms with Gasteiger partial charge in [-0.1, -0.05) is 30.3 Å². The molecule has 21 heavy (non-hydrogen) atoms. The van der Waals surface area contributed by atoms with Crippen molar-refractivity contribution < 1.29 is 9.53 Å². The first-order valence-electron chi connectivity index (χ1n) is 6.64. The Bertz CT molecular complexity index is 671. The number of aliphatic imine (C=N–C) groups is 1. The molecule has 106 valence electrons. The smallest absolute Gasteiger partial charge is 0.358 e. The molecule has 1 aromatic carbocycles. The molecular weight excluding hydrogens is 268 g/mol. The molecule has 3 rings (SSSR count). The van der Waals surface area contributed by atoms with Gasteiger partial charge >= 0.3 is 5.97 Å². The van der Waals surface area contributed by atoms with Crippen molar-refractivity contribution in [2.75, 3.05) is 18.4 Å². The third-order valence-electron chi connectivity index (χ3n) is 3.04. The molecule has 0 aliphatic carbocycles. The number of hydrogen-bond donors (Lipinski definition) is 1. The van der Waals surface area contributed by atoms with Crippen LogP contribution in [0.2, 0.25) is 0 Å². The van der Waals surface area contributed by atoms with Crippen molar-refractivity contribution in [3.8, 4) is 0 Å². The van der Waals surface area contributed by atoms with Gasteiger partial charge in [-0.25, -0.2) is 14.8 Å². The Balaban J connectivity index is 1.79. The van der Waals surface area contributed by atoms with Crippen molar-refractivity contribution >= 4 is 18.0 Å². The zero-order chi connectivity index (χ0) is 14.5. The van der Waals surface area contributed by atoms with Gasteiger partial charge in [-0.3, -0.25) is 4.99 Å². The van der Waals surface area contributed by atoms with E-state index in [9.17, 15) is 4.79 Å². The van der Waals surface area contributed by atoms with Crippen LogP contribution in [0, 0.1) is 0 Å². The first-order valence-corrected chi connectivity index (χ1v) is 6.64. The van der Waals surface area contributed by atoms with Crippen LogP contribution >= 0.6 is 0 Å². The number of ether oxygens (including phenoxy) is 1. The van der Waals surface area contributed by atoms with Crippen LogP contribution in [0.1, 0.15) is 21.6 Å². The summed E-state index contributed by atoms with van der Waals surface area (Å²) in [5, 5.41) is 3.11. The molecule has 0 atom stereocenters. The molecule has 2 heterocycles. The van der Waals surface area contributed by atoms with E-state index < -0.39 is 5.97 Å². The average molecular weight is 282 g/mol. The molecule has 0 amide bonds. The summed E-state index contributed by atoms with van der Waals surface area (Å²) in [5.74, 6) is 0.130. The van der Waals surface area contributed by atoms with E-state index in [1.807, 2.05) is 30.3 Å². The van der Waals surface area contributed by atoms with E-state index in [4.69, 9.17) is 4.74 Å². The summed E-state index contributed by atoms with van der Waals surface area (Å²) < 4.78 is 5.30. The van der Waals surface area contributed by atoms with E-state index in [-0.39, 0.29) is 12.3 Å². The highest BCUT2D eigenvalue weighted by atomic mass is 16.5. The summed E-state index contributed by atoms with van der Waals surface area (Å²) >= 11 is 0. The Labute approximate surface area is 121 Å². The van der Waals surface area contributed by atoms with Crippen molar-refractivity contribution in [3.05, 3.63) is 53.5 Å². The van der Waals surface area contributed by atoms with Gasteiger partial charge in [0.2, 0.25) is 0 Å². The van der Waals surface area contributed by atoms with Gasteiger partial charge in [-0.15, -0.1) is 0 Å². The van der Waals surface area contributed by atoms with Crippen molar-refractivity contribution in [3.63, 3.8) is 0 Å². The minimum atomic E-state index is -0.479. The highest BCUT2D eigenvalue weighted by Crippen LogP contribution is 2.16. The molecule has 0 unspecified atom stereocenters. The second kappa shape index (κ2) is 6.13. The lowest BCUT2D eigenvalue weighted by molar-refractivity contribution is 0.0465. The molecule has 0 saturated heterocycles. The Kier molecular flexibility index (Phi) is 3.86. The number of nitrogens with zero attached hydrogens (tertiary/aromatic N) is 3. The summed E-state index contributed by atoms with van der Waals surface area (Å²) in [7, 11) is 0. The number of carbonyl (C=O) groups excluding carboxylic acids is 1. The van der Waals surface area contributed by atoms with E-state index >= 15 is 0 Å². The van der Waals surface area contributed by atoms with Gasteiger partial charge in [0.1, 0.15) is 18.8 Å². The summed E-state index contributed by atoms with van der Waals surface area (Å²) in [6.45, 7) is 1.52. The number of anilines is 1. The number of aromatic nitrogens is 2. The summed E-state index contributed by atoms with van der Waals surface area (Å²) in [6.07, 6.45) is 2.97. The quantitative estimate of drug-likeness (QED) is 0.867. The predicted octanol–water partition coefficient (Wildman–Crippen LogP) is 1.68. The monoisotopic (exact) mass is 282 g/mol. The van der Waals surface area contributed by atoms with Crippen LogP contribution in [0.4, 0.5) is 5.82 Å². The zero-order valence-electron chi connectivity index (χ0n) is 11.3. The maximum Gasteiger partial charge on any atom is 0.358 e. The van der Waals surface area contributed by atoms with Crippen LogP contribution in [0.3, 0.4) is 0 Å². The number of nitrogens with one attached hydrogen (secondary N) is 1. The summed E-state index contributed by atoms with van der Waals surface area (Å²) in [4.78, 5) is 24.5. The number of carbonyl (C=O) groups is 1. The van der Waals surface area contributed by atoms with Crippen LogP contribution in [-0.4, -0.2) is 35.2 Å². The Morgan fingerprint density at radius 3 is 2.95 bits per heavy atom. The fraction of sp³-hybridized carbons (Fsp3) is 0.200. The summed E-state index contributed by atoms with van der Waals surface area (Å²) in [5.41, 5.74) is 1.74. The molecule has 1 N–H and O–H groups in total. The van der Waals surface area contributed by atoms with Gasteiger partial charge < -0.3 is 10.1 Å². The topological polar surface area (TPSA) is 76.5 Å². The maximum atomic E-state index is 12.2. The second-order valence-electron chi connectivity index (χ2n) is 4.51. The van der Waals surface area contributed by atoms with Crippen molar-refractivity contribution in [1.82, 2.24) is 9.97 Å². The number of benzene rings is 1. The molecular formula is C15H14N4O2. The highest BCUT2D eigenvalue weighted by molar-refractivity contribution is 6.01. The number of fused-ring (bicyclic) bond motifs is 1. The van der Waals surface area contributed by atoms with Crippen molar-refractivity contribution in [1.29, 1.82) is 0 Å². The third kappa shape index (κ3) is 3.05. The zero-order valence-corrected chi connectivity index (χ0v) is 11.3. The number of hydrogen-bond acceptors (Lipinski definition) is 6. The SMILES string of the molecule is O=C(OCc1ccccc1)c1ncnc2c1C=NCCN2. The van der Waals surface area contributed by atoms with Gasteiger partial charge in [0.05, 0.1) is 12.1 Å². The first kappa shape index (κ1) is 13.2. The lowest BCUT2D eigenvalue weighted by Crippen LogP contribution is -2.14. The fourth-order valence-corrected chi connectivity index (χ4v) is 2.01. The molecule has 6 heteroatoms. The predicted molar refractivity (Wildman–Crippen MR) is 78.5 cm³/mol. The van der Waals surface area contributed by atoms with Crippen LogP contribution in [0.25, 0.3) is 0 Å². The van der Waals surface area contributed by atoms with Crippen LogP contribution in [0.5, 0.6) is 0 Å². The van der Waals surface area contributed by atoms with Gasteiger partial charge in [-0.2, -0.15) is 0 Å². The lowest BCUT2D eigenvalue weighted by Gasteiger charge is -2.09. The Morgan fingerprint density at radius 1 is 1.24 bits per heavy atom. The largest absolute Gasteiger partial charge is 0.456 e. The molecule has 0 saturated carbocycles. The van der Waals surface area contributed by atoms with Gasteiger partial charge in [0.25, 0.3) is 0 Å². The highest BCUT2D eigenvalue weighted by Gasteiger charge is 2.18. The van der Waals surface area contributed by atoms with Crippen LogP contribution in [0.15, 0.2) is 41.7 Å². The van der Waals surface area contributed by atoms with Crippen LogP contribution in [-0.2, 0) is 11.3 Å². The van der Waals surface area contributed by atoms with E-state index in [2.05, 4.69) is 20.3 Å². The molecule has 0 radical (unpaired) electrons. The van der Waals surface area contributed by atoms with Crippen LogP contribution < -0.4 is 5.32 Å². The molecule has 1 aromatic heterocycles. The minimum Gasteiger partial charge on any atom is -0.456 e. The second-order valence-corrected chi connectivity index (χ2v) is 4.51. The third-order valence-corrected chi connectivity index (χ3v) is 3.04. The fourth-order valence-electron chi connectivity index (χ4n) is 2.01. The van der Waals surface area contributed by atoms with Gasteiger partial charge in [-0.05, 0) is 5.56 Å². The molecule has 0 bridgehead atoms. The standard InChI is InChI=1S/C15H14N4O2/c20-15(21-9-11-4-2-1-3-5-11)13-12-8-16-6-7-17-14(12)19-10-18-13/h1-5,8,10H,6-7,9H2,(H,17,18,19). The molecule has 6 nitrogen and oxygen atoms in total. The van der Waals surface area contributed by atoms with E-state index in [0.717, 1.165) is 5.56 Å². The minimum absolute atomic E-state index is 0.211. The summed E-state index contributed by atoms with van der Waals surface area (Å²) in [6, 6.07) is 9.51. The Morgan fingerprint density at radius 2 is 2.10 bits per heavy atom. The van der Waals surface area contributed by atoms with Gasteiger partial charge in [0.15, 0.2) is 5.69 Å². The molecule has 1 aliphatic rings. The average Bonchev–Trinajstić information content (AvgIpc) is 2.78. The van der Waals surface area contributed by atoms with Crippen molar-refractivity contribution in [2.45, 2.75) is 6.61 Å². The maximum absolute atomic E-state index is 12.2. The normalized spacial score (nSPS) is 13.0.